The molecule has 11 rings (SSSR count). The fraction of sp³-hybridized carbons (Fsp3) is 0.0545. The van der Waals surface area contributed by atoms with Gasteiger partial charge in [0.15, 0.2) is 0 Å². The van der Waals surface area contributed by atoms with Crippen molar-refractivity contribution in [2.75, 3.05) is 9.80 Å². The first kappa shape index (κ1) is 33.2. The van der Waals surface area contributed by atoms with Gasteiger partial charge in [-0.2, -0.15) is 0 Å². The Hall–Kier alpha value is -7.16. The highest BCUT2D eigenvalue weighted by Gasteiger charge is 2.51. The number of allylic oxidation sites excluding steroid dienone is 3. The maximum absolute atomic E-state index is 2.39. The van der Waals surface area contributed by atoms with E-state index in [0.29, 0.717) is 0 Å². The zero-order valence-electron chi connectivity index (χ0n) is 31.6. The minimum Gasteiger partial charge on any atom is -0.311 e. The first-order valence-electron chi connectivity index (χ1n) is 20.0. The van der Waals surface area contributed by atoms with Crippen LogP contribution in [0.15, 0.2) is 224 Å². The SMILES string of the molecule is C1=CC(N(c2ccc(-c3cccc4c3-c3ccccc3C43c4ccccc4-c4ccccc43)cc2)c2ccc(N(c3ccccc3)c3ccccc3)cc2)=CCC1. The van der Waals surface area contributed by atoms with Gasteiger partial charge in [0.1, 0.15) is 0 Å². The Labute approximate surface area is 335 Å². The molecule has 0 atom stereocenters. The first-order chi connectivity index (χ1) is 28.3. The maximum atomic E-state index is 2.39. The summed E-state index contributed by atoms with van der Waals surface area (Å²) in [5.74, 6) is 0. The zero-order chi connectivity index (χ0) is 37.8. The molecular weight excluding hydrogens is 689 g/mol. The molecule has 3 aliphatic rings. The highest BCUT2D eigenvalue weighted by atomic mass is 15.2. The van der Waals surface area contributed by atoms with E-state index in [0.717, 1.165) is 41.3 Å². The van der Waals surface area contributed by atoms with E-state index < -0.39 is 0 Å². The van der Waals surface area contributed by atoms with Crippen molar-refractivity contribution in [3.05, 3.63) is 246 Å². The molecule has 0 unspecified atom stereocenters. The minimum absolute atomic E-state index is 0.353. The number of hydrogen-bond donors (Lipinski definition) is 0. The third-order valence-corrected chi connectivity index (χ3v) is 12.1. The first-order valence-corrected chi connectivity index (χ1v) is 20.0. The molecule has 0 saturated carbocycles. The number of para-hydroxylation sites is 2. The molecule has 57 heavy (non-hydrogen) atoms. The van der Waals surface area contributed by atoms with Gasteiger partial charge in [-0.15, -0.1) is 0 Å². The Morgan fingerprint density at radius 2 is 0.772 bits per heavy atom. The predicted molar refractivity (Wildman–Crippen MR) is 238 cm³/mol. The Morgan fingerprint density at radius 1 is 0.333 bits per heavy atom. The van der Waals surface area contributed by atoms with Crippen LogP contribution in [0.1, 0.15) is 35.1 Å². The van der Waals surface area contributed by atoms with Crippen molar-refractivity contribution in [3.63, 3.8) is 0 Å². The normalized spacial score (nSPS) is 14.0. The molecule has 0 heterocycles. The number of fused-ring (bicyclic) bond motifs is 10. The van der Waals surface area contributed by atoms with Crippen LogP contribution in [-0.2, 0) is 5.41 Å². The molecule has 0 aromatic heterocycles. The molecule has 1 spiro atoms. The molecule has 0 saturated heterocycles. The van der Waals surface area contributed by atoms with Gasteiger partial charge >= 0.3 is 0 Å². The number of hydrogen-bond acceptors (Lipinski definition) is 2. The predicted octanol–water partition coefficient (Wildman–Crippen LogP) is 14.5. The van der Waals surface area contributed by atoms with Gasteiger partial charge in [-0.05, 0) is 135 Å². The molecule has 8 aromatic rings. The summed E-state index contributed by atoms with van der Waals surface area (Å²) < 4.78 is 0. The Balaban J connectivity index is 1.01. The summed E-state index contributed by atoms with van der Waals surface area (Å²) in [5.41, 5.74) is 19.7. The molecule has 2 nitrogen and oxygen atoms in total. The van der Waals surface area contributed by atoms with Crippen molar-refractivity contribution in [2.45, 2.75) is 18.3 Å². The van der Waals surface area contributed by atoms with Crippen molar-refractivity contribution in [2.24, 2.45) is 0 Å². The standard InChI is InChI=1S/C55H40N2/c1-4-17-40(18-5-1)56(41-19-6-2-7-20-41)44-35-37-45(38-36-44)57(42-21-8-3-9-22-42)43-33-31-39(32-34-43)46-26-16-30-53-54(46)49-25-12-15-29-52(49)55(53)50-27-13-10-23-47(50)48-24-11-14-28-51(48)55/h1-2,4-8,10-38H,3,9H2. The van der Waals surface area contributed by atoms with Gasteiger partial charge < -0.3 is 9.80 Å². The van der Waals surface area contributed by atoms with E-state index in [9.17, 15) is 0 Å². The smallest absolute Gasteiger partial charge is 0.0725 e. The second-order valence-electron chi connectivity index (χ2n) is 15.1. The second kappa shape index (κ2) is 13.5. The van der Waals surface area contributed by atoms with Crippen LogP contribution in [0.25, 0.3) is 33.4 Å². The lowest BCUT2D eigenvalue weighted by Crippen LogP contribution is -2.25. The van der Waals surface area contributed by atoms with Crippen LogP contribution >= 0.6 is 0 Å². The van der Waals surface area contributed by atoms with Gasteiger partial charge in [0.05, 0.1) is 5.41 Å². The molecule has 0 fully saturated rings. The van der Waals surface area contributed by atoms with E-state index in [4.69, 9.17) is 0 Å². The van der Waals surface area contributed by atoms with Gasteiger partial charge in [-0.25, -0.2) is 0 Å². The average Bonchev–Trinajstić information content (AvgIpc) is 3.76. The van der Waals surface area contributed by atoms with Crippen LogP contribution < -0.4 is 9.80 Å². The van der Waals surface area contributed by atoms with Crippen LogP contribution in [0.4, 0.5) is 28.4 Å². The Bertz CT molecular complexity index is 2750. The molecule has 0 amide bonds. The van der Waals surface area contributed by atoms with Crippen LogP contribution in [-0.4, -0.2) is 0 Å². The van der Waals surface area contributed by atoms with Gasteiger partial charge in [0.25, 0.3) is 0 Å². The highest BCUT2D eigenvalue weighted by molar-refractivity contribution is 6.00. The summed E-state index contributed by atoms with van der Waals surface area (Å²) >= 11 is 0. The molecule has 3 aliphatic carbocycles. The molecule has 0 N–H and O–H groups in total. The van der Waals surface area contributed by atoms with E-state index in [1.807, 2.05) is 0 Å². The number of anilines is 5. The highest BCUT2D eigenvalue weighted by Crippen LogP contribution is 2.64. The lowest BCUT2D eigenvalue weighted by Gasteiger charge is -2.30. The second-order valence-corrected chi connectivity index (χ2v) is 15.1. The zero-order valence-corrected chi connectivity index (χ0v) is 31.6. The average molecular weight is 729 g/mol. The molecule has 2 heteroatoms. The molecule has 0 aliphatic heterocycles. The molecule has 270 valence electrons. The fourth-order valence-electron chi connectivity index (χ4n) is 9.74. The van der Waals surface area contributed by atoms with Crippen LogP contribution in [0, 0.1) is 0 Å². The van der Waals surface area contributed by atoms with E-state index in [2.05, 4.69) is 228 Å². The van der Waals surface area contributed by atoms with Crippen molar-refractivity contribution in [1.82, 2.24) is 0 Å². The van der Waals surface area contributed by atoms with Gasteiger partial charge in [-0.3, -0.25) is 0 Å². The summed E-state index contributed by atoms with van der Waals surface area (Å²) in [6, 6.07) is 73.5. The van der Waals surface area contributed by atoms with Gasteiger partial charge in [0.2, 0.25) is 0 Å². The largest absolute Gasteiger partial charge is 0.311 e. The van der Waals surface area contributed by atoms with Crippen molar-refractivity contribution < 1.29 is 0 Å². The van der Waals surface area contributed by atoms with E-state index >= 15 is 0 Å². The monoisotopic (exact) mass is 728 g/mol. The maximum Gasteiger partial charge on any atom is 0.0725 e. The molecule has 0 bridgehead atoms. The number of nitrogens with zero attached hydrogens (tertiary/aromatic N) is 2. The van der Waals surface area contributed by atoms with Crippen LogP contribution in [0.2, 0.25) is 0 Å². The summed E-state index contributed by atoms with van der Waals surface area (Å²) in [6.45, 7) is 0. The van der Waals surface area contributed by atoms with Crippen molar-refractivity contribution >= 4 is 28.4 Å². The summed E-state index contributed by atoms with van der Waals surface area (Å²) in [5, 5.41) is 0. The van der Waals surface area contributed by atoms with Crippen molar-refractivity contribution in [1.29, 1.82) is 0 Å². The van der Waals surface area contributed by atoms with Crippen LogP contribution in [0.5, 0.6) is 0 Å². The van der Waals surface area contributed by atoms with E-state index in [-0.39, 0.29) is 5.41 Å². The molecular formula is C55H40N2. The van der Waals surface area contributed by atoms with E-state index in [1.54, 1.807) is 0 Å². The Morgan fingerprint density at radius 3 is 1.33 bits per heavy atom. The Kier molecular flexibility index (Phi) is 7.89. The molecule has 0 radical (unpaired) electrons. The summed E-state index contributed by atoms with van der Waals surface area (Å²) in [7, 11) is 0. The van der Waals surface area contributed by atoms with Gasteiger partial charge in [-0.1, -0.05) is 152 Å². The van der Waals surface area contributed by atoms with Crippen molar-refractivity contribution in [3.8, 4) is 33.4 Å². The third-order valence-electron chi connectivity index (χ3n) is 12.1. The topological polar surface area (TPSA) is 6.48 Å². The van der Waals surface area contributed by atoms with Gasteiger partial charge in [0, 0.05) is 34.1 Å². The summed E-state index contributed by atoms with van der Waals surface area (Å²) in [4.78, 5) is 4.71. The fourth-order valence-corrected chi connectivity index (χ4v) is 9.74. The van der Waals surface area contributed by atoms with E-state index in [1.165, 1.54) is 61.3 Å². The summed E-state index contributed by atoms with van der Waals surface area (Å²) in [6.07, 6.45) is 9.01. The minimum atomic E-state index is -0.353. The third kappa shape index (κ3) is 5.18. The number of benzene rings is 8. The van der Waals surface area contributed by atoms with Crippen LogP contribution in [0.3, 0.4) is 0 Å². The lowest BCUT2D eigenvalue weighted by atomic mass is 9.70. The number of rotatable bonds is 7. The molecule has 8 aromatic carbocycles. The quantitative estimate of drug-likeness (QED) is 0.161. The lowest BCUT2D eigenvalue weighted by molar-refractivity contribution is 0.794.